The highest BCUT2D eigenvalue weighted by atomic mass is 19.4. The first-order chi connectivity index (χ1) is 8.14. The van der Waals surface area contributed by atoms with Gasteiger partial charge in [-0.05, 0) is 30.8 Å². The monoisotopic (exact) mass is 262 g/mol. The van der Waals surface area contributed by atoms with E-state index >= 15 is 0 Å². The van der Waals surface area contributed by atoms with Gasteiger partial charge < -0.3 is 11.1 Å². The van der Waals surface area contributed by atoms with Gasteiger partial charge in [0.15, 0.2) is 0 Å². The van der Waals surface area contributed by atoms with Crippen molar-refractivity contribution in [3.63, 3.8) is 0 Å². The Morgan fingerprint density at radius 3 is 2.44 bits per heavy atom. The second-order valence-electron chi connectivity index (χ2n) is 4.99. The zero-order valence-electron chi connectivity index (χ0n) is 10.4. The van der Waals surface area contributed by atoms with Gasteiger partial charge in [-0.1, -0.05) is 13.8 Å². The number of hydrogen-bond acceptors (Lipinski definition) is 2. The van der Waals surface area contributed by atoms with Gasteiger partial charge in [0.05, 0.1) is 0 Å². The Balaban J connectivity index is 3.09. The third kappa shape index (κ3) is 3.11. The number of carbonyl (C=O) groups is 1. The van der Waals surface area contributed by atoms with E-state index in [1.807, 2.05) is 13.8 Å². The Kier molecular flexibility index (Phi) is 4.19. The van der Waals surface area contributed by atoms with Crippen molar-refractivity contribution < 1.29 is 18.0 Å². The Hall–Kier alpha value is -1.33. The van der Waals surface area contributed by atoms with Crippen LogP contribution < -0.4 is 5.73 Å². The normalized spacial score (nSPS) is 23.7. The fourth-order valence-corrected chi connectivity index (χ4v) is 2.37. The van der Waals surface area contributed by atoms with Crippen LogP contribution in [0.25, 0.3) is 0 Å². The number of nitrogens with one attached hydrogen (secondary N) is 1. The number of alkyl halides is 3. The predicted molar refractivity (Wildman–Crippen MR) is 62.2 cm³/mol. The van der Waals surface area contributed by atoms with Crippen LogP contribution in [0.5, 0.6) is 0 Å². The number of halogens is 3. The second-order valence-corrected chi connectivity index (χ2v) is 4.99. The molecule has 18 heavy (non-hydrogen) atoms. The van der Waals surface area contributed by atoms with E-state index in [1.165, 1.54) is 0 Å². The molecule has 0 aromatic carbocycles. The molecule has 1 unspecified atom stereocenters. The third-order valence-corrected chi connectivity index (χ3v) is 3.06. The van der Waals surface area contributed by atoms with Gasteiger partial charge >= 0.3 is 6.18 Å². The molecule has 1 rings (SSSR count). The molecule has 3 nitrogen and oxygen atoms in total. The lowest BCUT2D eigenvalue weighted by Crippen LogP contribution is -2.29. The molecular formula is C12H17F3N2O. The Bertz CT molecular complexity index is 397. The highest BCUT2D eigenvalue weighted by Gasteiger charge is 2.43. The van der Waals surface area contributed by atoms with Crippen molar-refractivity contribution in [1.29, 1.82) is 5.41 Å². The first-order valence-corrected chi connectivity index (χ1v) is 5.83. The van der Waals surface area contributed by atoms with Crippen LogP contribution in [0.2, 0.25) is 0 Å². The van der Waals surface area contributed by atoms with Crippen molar-refractivity contribution in [3.05, 3.63) is 11.1 Å². The highest BCUT2D eigenvalue weighted by Crippen LogP contribution is 2.38. The van der Waals surface area contributed by atoms with Crippen molar-refractivity contribution >= 4 is 11.6 Å². The van der Waals surface area contributed by atoms with E-state index in [-0.39, 0.29) is 23.6 Å². The fourth-order valence-electron chi connectivity index (χ4n) is 2.37. The van der Waals surface area contributed by atoms with Gasteiger partial charge in [-0.15, -0.1) is 0 Å². The molecule has 102 valence electrons. The number of amides is 1. The van der Waals surface area contributed by atoms with E-state index in [1.54, 1.807) is 0 Å². The minimum Gasteiger partial charge on any atom is -0.366 e. The summed E-state index contributed by atoms with van der Waals surface area (Å²) in [5.41, 5.74) is 3.15. The van der Waals surface area contributed by atoms with Crippen molar-refractivity contribution in [2.45, 2.75) is 39.3 Å². The predicted octanol–water partition coefficient (Wildman–Crippen LogP) is 2.81. The molecule has 0 radical (unpaired) electrons. The zero-order valence-corrected chi connectivity index (χ0v) is 10.4. The molecule has 0 aliphatic heterocycles. The second kappa shape index (κ2) is 5.12. The maximum Gasteiger partial charge on any atom is 0.422 e. The molecule has 0 bridgehead atoms. The number of nitrogens with two attached hydrogens (primary N) is 1. The molecule has 1 aliphatic rings. The quantitative estimate of drug-likeness (QED) is 0.754. The van der Waals surface area contributed by atoms with E-state index < -0.39 is 17.7 Å². The van der Waals surface area contributed by atoms with Crippen LogP contribution in [0.4, 0.5) is 13.2 Å². The summed E-state index contributed by atoms with van der Waals surface area (Å²) in [6.07, 6.45) is -3.53. The molecule has 1 saturated carbocycles. The average Bonchev–Trinajstić information content (AvgIpc) is 2.46. The van der Waals surface area contributed by atoms with Crippen LogP contribution in [0, 0.1) is 17.2 Å². The van der Waals surface area contributed by atoms with Crippen molar-refractivity contribution in [1.82, 2.24) is 0 Å². The molecule has 0 saturated heterocycles. The summed E-state index contributed by atoms with van der Waals surface area (Å²) in [5.74, 6) is -1.39. The number of allylic oxidation sites excluding steroid dienone is 1. The standard InChI is InChI=1S/C12H17F3N2O/c1-6(2)5-7-3-4-8(10(7)16)9(11(17)18)12(13,14)15/h6-7,16H,3-5H2,1-2H3,(H2,17,18)/b9-8+,16-10?. The first kappa shape index (κ1) is 14.7. The molecule has 1 amide bonds. The summed E-state index contributed by atoms with van der Waals surface area (Å²) in [7, 11) is 0. The molecule has 0 aromatic heterocycles. The number of hydrogen-bond donors (Lipinski definition) is 2. The van der Waals surface area contributed by atoms with E-state index in [0.717, 1.165) is 0 Å². The SMILES string of the molecule is CC(C)CC1CC/C(=C(/C(N)=O)C(F)(F)F)C1=N. The third-order valence-electron chi connectivity index (χ3n) is 3.06. The molecule has 6 heteroatoms. The van der Waals surface area contributed by atoms with Crippen LogP contribution >= 0.6 is 0 Å². The van der Waals surface area contributed by atoms with Crippen LogP contribution in [0.1, 0.15) is 33.1 Å². The molecule has 1 aliphatic carbocycles. The first-order valence-electron chi connectivity index (χ1n) is 5.83. The minimum absolute atomic E-state index is 0.0742. The molecule has 1 atom stereocenters. The van der Waals surface area contributed by atoms with Crippen LogP contribution in [-0.2, 0) is 4.79 Å². The van der Waals surface area contributed by atoms with E-state index in [4.69, 9.17) is 11.1 Å². The van der Waals surface area contributed by atoms with Gasteiger partial charge in [0.2, 0.25) is 0 Å². The van der Waals surface area contributed by atoms with Crippen molar-refractivity contribution in [3.8, 4) is 0 Å². The van der Waals surface area contributed by atoms with Gasteiger partial charge in [-0.25, -0.2) is 0 Å². The summed E-state index contributed by atoms with van der Waals surface area (Å²) in [4.78, 5) is 11.0. The molecule has 0 heterocycles. The summed E-state index contributed by atoms with van der Waals surface area (Å²) in [5, 5.41) is 7.79. The number of carbonyl (C=O) groups excluding carboxylic acids is 1. The lowest BCUT2D eigenvalue weighted by Gasteiger charge is -2.14. The molecule has 0 spiro atoms. The lowest BCUT2D eigenvalue weighted by atomic mass is 9.93. The molecular weight excluding hydrogens is 245 g/mol. The smallest absolute Gasteiger partial charge is 0.366 e. The Morgan fingerprint density at radius 2 is 2.06 bits per heavy atom. The number of primary amides is 1. The van der Waals surface area contributed by atoms with Crippen LogP contribution in [0.15, 0.2) is 11.1 Å². The van der Waals surface area contributed by atoms with Gasteiger partial charge in [0.25, 0.3) is 5.91 Å². The van der Waals surface area contributed by atoms with E-state index in [0.29, 0.717) is 18.8 Å². The van der Waals surface area contributed by atoms with Crippen LogP contribution in [0.3, 0.4) is 0 Å². The summed E-state index contributed by atoms with van der Waals surface area (Å²) in [6, 6.07) is 0. The summed E-state index contributed by atoms with van der Waals surface area (Å²) < 4.78 is 38.2. The fraction of sp³-hybridized carbons (Fsp3) is 0.667. The summed E-state index contributed by atoms with van der Waals surface area (Å²) >= 11 is 0. The van der Waals surface area contributed by atoms with E-state index in [2.05, 4.69) is 0 Å². The van der Waals surface area contributed by atoms with Crippen molar-refractivity contribution in [2.75, 3.05) is 0 Å². The average molecular weight is 262 g/mol. The Morgan fingerprint density at radius 1 is 1.50 bits per heavy atom. The maximum atomic E-state index is 12.7. The number of rotatable bonds is 3. The minimum atomic E-state index is -4.78. The van der Waals surface area contributed by atoms with Gasteiger partial charge in [0.1, 0.15) is 5.57 Å². The van der Waals surface area contributed by atoms with Gasteiger partial charge in [-0.2, -0.15) is 13.2 Å². The van der Waals surface area contributed by atoms with E-state index in [9.17, 15) is 18.0 Å². The largest absolute Gasteiger partial charge is 0.422 e. The maximum absolute atomic E-state index is 12.7. The Labute approximate surface area is 104 Å². The zero-order chi connectivity index (χ0) is 14.1. The topological polar surface area (TPSA) is 66.9 Å². The van der Waals surface area contributed by atoms with Gasteiger partial charge in [0, 0.05) is 11.6 Å². The van der Waals surface area contributed by atoms with Gasteiger partial charge in [-0.3, -0.25) is 4.79 Å². The van der Waals surface area contributed by atoms with Crippen molar-refractivity contribution in [2.24, 2.45) is 17.6 Å². The molecule has 1 fully saturated rings. The lowest BCUT2D eigenvalue weighted by molar-refractivity contribution is -0.128. The molecule has 0 aromatic rings. The summed E-state index contributed by atoms with van der Waals surface area (Å²) in [6.45, 7) is 3.90. The molecule has 3 N–H and O–H groups in total. The van der Waals surface area contributed by atoms with Crippen LogP contribution in [-0.4, -0.2) is 17.8 Å². The highest BCUT2D eigenvalue weighted by molar-refractivity contribution is 6.09.